The van der Waals surface area contributed by atoms with Crippen molar-refractivity contribution in [1.29, 1.82) is 0 Å². The van der Waals surface area contributed by atoms with E-state index in [2.05, 4.69) is 4.72 Å². The first-order valence-corrected chi connectivity index (χ1v) is 8.52. The first kappa shape index (κ1) is 16.4. The molecule has 5 nitrogen and oxygen atoms in total. The number of ether oxygens (including phenoxy) is 1. The van der Waals surface area contributed by atoms with Crippen molar-refractivity contribution in [3.8, 4) is 0 Å². The summed E-state index contributed by atoms with van der Waals surface area (Å²) < 4.78 is 46.5. The van der Waals surface area contributed by atoms with Gasteiger partial charge in [0.25, 0.3) is 0 Å². The molecule has 0 aromatic heterocycles. The van der Waals surface area contributed by atoms with Crippen LogP contribution in [0.15, 0.2) is 17.0 Å². The van der Waals surface area contributed by atoms with Crippen molar-refractivity contribution in [3.63, 3.8) is 0 Å². The van der Waals surface area contributed by atoms with Gasteiger partial charge >= 0.3 is 0 Å². The molecule has 2 rings (SSSR count). The minimum atomic E-state index is -3.77. The summed E-state index contributed by atoms with van der Waals surface area (Å²) in [6.07, 6.45) is 2.75. The van der Waals surface area contributed by atoms with E-state index in [9.17, 15) is 12.8 Å². The topological polar surface area (TPSA) is 81.4 Å². The van der Waals surface area contributed by atoms with E-state index in [4.69, 9.17) is 10.5 Å². The van der Waals surface area contributed by atoms with Gasteiger partial charge in [0.15, 0.2) is 0 Å². The molecule has 7 heteroatoms. The standard InChI is InChI=1S/C14H21FN2O3S/c1-10-13(15)6-11(8-16)7-14(10)21(18,19)17-9-12-4-2-3-5-20-12/h6-7,12,17H,2-5,8-9,16H2,1H3. The van der Waals surface area contributed by atoms with Crippen molar-refractivity contribution < 1.29 is 17.5 Å². The summed E-state index contributed by atoms with van der Waals surface area (Å²) in [5, 5.41) is 0. The lowest BCUT2D eigenvalue weighted by Gasteiger charge is -2.23. The Morgan fingerprint density at radius 3 is 2.81 bits per heavy atom. The molecule has 1 aliphatic rings. The highest BCUT2D eigenvalue weighted by atomic mass is 32.2. The second-order valence-electron chi connectivity index (χ2n) is 5.25. The van der Waals surface area contributed by atoms with Gasteiger partial charge < -0.3 is 10.5 Å². The summed E-state index contributed by atoms with van der Waals surface area (Å²) in [4.78, 5) is -0.0567. The third-order valence-electron chi connectivity index (χ3n) is 3.66. The molecule has 1 atom stereocenters. The fourth-order valence-corrected chi connectivity index (χ4v) is 3.72. The van der Waals surface area contributed by atoms with E-state index in [1.807, 2.05) is 0 Å². The largest absolute Gasteiger partial charge is 0.377 e. The van der Waals surface area contributed by atoms with Gasteiger partial charge in [0.2, 0.25) is 10.0 Å². The molecule has 0 radical (unpaired) electrons. The lowest BCUT2D eigenvalue weighted by atomic mass is 10.1. The minimum absolute atomic E-state index is 0.0567. The average molecular weight is 316 g/mol. The highest BCUT2D eigenvalue weighted by molar-refractivity contribution is 7.89. The van der Waals surface area contributed by atoms with Gasteiger partial charge in [-0.05, 0) is 43.9 Å². The van der Waals surface area contributed by atoms with Crippen molar-refractivity contribution in [2.45, 2.75) is 43.7 Å². The van der Waals surface area contributed by atoms with Crippen molar-refractivity contribution in [1.82, 2.24) is 4.72 Å². The van der Waals surface area contributed by atoms with Crippen molar-refractivity contribution >= 4 is 10.0 Å². The van der Waals surface area contributed by atoms with Crippen LogP contribution in [0.4, 0.5) is 4.39 Å². The average Bonchev–Trinajstić information content (AvgIpc) is 2.48. The van der Waals surface area contributed by atoms with Crippen molar-refractivity contribution in [3.05, 3.63) is 29.1 Å². The van der Waals surface area contributed by atoms with E-state index in [0.29, 0.717) is 12.2 Å². The monoisotopic (exact) mass is 316 g/mol. The van der Waals surface area contributed by atoms with E-state index in [-0.39, 0.29) is 29.7 Å². The number of halogens is 1. The summed E-state index contributed by atoms with van der Waals surface area (Å²) in [6.45, 7) is 2.39. The smallest absolute Gasteiger partial charge is 0.241 e. The molecule has 1 fully saturated rings. The maximum atomic E-state index is 13.8. The molecule has 1 aliphatic heterocycles. The van der Waals surface area contributed by atoms with Gasteiger partial charge in [-0.1, -0.05) is 0 Å². The first-order chi connectivity index (χ1) is 9.94. The molecule has 0 saturated carbocycles. The Balaban J connectivity index is 2.16. The van der Waals surface area contributed by atoms with Gasteiger partial charge in [0, 0.05) is 25.3 Å². The second kappa shape index (κ2) is 6.83. The zero-order valence-corrected chi connectivity index (χ0v) is 12.9. The van der Waals surface area contributed by atoms with Crippen LogP contribution in [0.25, 0.3) is 0 Å². The van der Waals surface area contributed by atoms with Crippen molar-refractivity contribution in [2.75, 3.05) is 13.2 Å². The normalized spacial score (nSPS) is 19.7. The van der Waals surface area contributed by atoms with Gasteiger partial charge in [0.1, 0.15) is 5.82 Å². The van der Waals surface area contributed by atoms with Crippen LogP contribution in [-0.2, 0) is 21.3 Å². The van der Waals surface area contributed by atoms with Gasteiger partial charge in [-0.25, -0.2) is 17.5 Å². The summed E-state index contributed by atoms with van der Waals surface area (Å²) in [7, 11) is -3.77. The molecule has 1 aromatic rings. The Morgan fingerprint density at radius 1 is 1.43 bits per heavy atom. The number of benzene rings is 1. The van der Waals surface area contributed by atoms with Crippen LogP contribution >= 0.6 is 0 Å². The Labute approximate surface area is 124 Å². The van der Waals surface area contributed by atoms with E-state index >= 15 is 0 Å². The third-order valence-corrected chi connectivity index (χ3v) is 5.21. The Bertz CT molecular complexity index is 598. The molecule has 118 valence electrons. The molecule has 0 aliphatic carbocycles. The lowest BCUT2D eigenvalue weighted by Crippen LogP contribution is -2.35. The highest BCUT2D eigenvalue weighted by Crippen LogP contribution is 2.21. The van der Waals surface area contributed by atoms with Gasteiger partial charge in [0.05, 0.1) is 11.0 Å². The molecule has 1 heterocycles. The summed E-state index contributed by atoms with van der Waals surface area (Å²) >= 11 is 0. The molecule has 0 bridgehead atoms. The Hall–Kier alpha value is -1.02. The fraction of sp³-hybridized carbons (Fsp3) is 0.571. The molecule has 1 saturated heterocycles. The quantitative estimate of drug-likeness (QED) is 0.861. The minimum Gasteiger partial charge on any atom is -0.377 e. The molecule has 0 amide bonds. The predicted molar refractivity (Wildman–Crippen MR) is 77.8 cm³/mol. The van der Waals surface area contributed by atoms with E-state index in [1.165, 1.54) is 19.1 Å². The van der Waals surface area contributed by atoms with Gasteiger partial charge in [-0.2, -0.15) is 0 Å². The number of sulfonamides is 1. The summed E-state index contributed by atoms with van der Waals surface area (Å²) in [5.74, 6) is -0.563. The number of hydrogen-bond acceptors (Lipinski definition) is 4. The van der Waals surface area contributed by atoms with Crippen LogP contribution < -0.4 is 10.5 Å². The lowest BCUT2D eigenvalue weighted by molar-refractivity contribution is 0.0200. The number of nitrogens with one attached hydrogen (secondary N) is 1. The second-order valence-corrected chi connectivity index (χ2v) is 6.98. The zero-order chi connectivity index (χ0) is 15.5. The van der Waals surface area contributed by atoms with Crippen LogP contribution in [-0.4, -0.2) is 27.7 Å². The Morgan fingerprint density at radius 2 is 2.19 bits per heavy atom. The van der Waals surface area contributed by atoms with E-state index < -0.39 is 15.8 Å². The van der Waals surface area contributed by atoms with Crippen LogP contribution in [0.2, 0.25) is 0 Å². The maximum Gasteiger partial charge on any atom is 0.241 e. The van der Waals surface area contributed by atoms with Gasteiger partial charge in [-0.15, -0.1) is 0 Å². The fourth-order valence-electron chi connectivity index (χ4n) is 2.35. The van der Waals surface area contributed by atoms with Crippen molar-refractivity contribution in [2.24, 2.45) is 5.73 Å². The van der Waals surface area contributed by atoms with Crippen LogP contribution in [0.5, 0.6) is 0 Å². The predicted octanol–water partition coefficient (Wildman–Crippen LogP) is 1.44. The number of rotatable bonds is 5. The summed E-state index contributed by atoms with van der Waals surface area (Å²) in [6, 6.07) is 2.68. The van der Waals surface area contributed by atoms with E-state index in [1.54, 1.807) is 0 Å². The molecule has 3 N–H and O–H groups in total. The maximum absolute atomic E-state index is 13.8. The molecular formula is C14H21FN2O3S. The van der Waals surface area contributed by atoms with E-state index in [0.717, 1.165) is 19.3 Å². The zero-order valence-electron chi connectivity index (χ0n) is 12.1. The summed E-state index contributed by atoms with van der Waals surface area (Å²) in [5.41, 5.74) is 6.02. The number of hydrogen-bond donors (Lipinski definition) is 2. The molecule has 1 unspecified atom stereocenters. The van der Waals surface area contributed by atoms with Crippen LogP contribution in [0, 0.1) is 12.7 Å². The molecule has 1 aromatic carbocycles. The first-order valence-electron chi connectivity index (χ1n) is 7.04. The molecule has 21 heavy (non-hydrogen) atoms. The van der Waals surface area contributed by atoms with Crippen LogP contribution in [0.1, 0.15) is 30.4 Å². The van der Waals surface area contributed by atoms with Crippen LogP contribution in [0.3, 0.4) is 0 Å². The molecule has 0 spiro atoms. The SMILES string of the molecule is Cc1c(F)cc(CN)cc1S(=O)(=O)NCC1CCCCO1. The number of nitrogens with two attached hydrogens (primary N) is 1. The third kappa shape index (κ3) is 4.00. The molecular weight excluding hydrogens is 295 g/mol. The highest BCUT2D eigenvalue weighted by Gasteiger charge is 2.22. The Kier molecular flexibility index (Phi) is 5.32. The van der Waals surface area contributed by atoms with Gasteiger partial charge in [-0.3, -0.25) is 0 Å².